The molecule has 1 atom stereocenters. The van der Waals surface area contributed by atoms with E-state index in [-0.39, 0.29) is 0 Å². The summed E-state index contributed by atoms with van der Waals surface area (Å²) in [4.78, 5) is 0. The van der Waals surface area contributed by atoms with E-state index < -0.39 is 0 Å². The minimum atomic E-state index is 0.312. The lowest BCUT2D eigenvalue weighted by Crippen LogP contribution is -1.86. The summed E-state index contributed by atoms with van der Waals surface area (Å²) in [6, 6.07) is 6.01. The van der Waals surface area contributed by atoms with Gasteiger partial charge in [-0.05, 0) is 33.6 Å². The molecule has 2 nitrogen and oxygen atoms in total. The summed E-state index contributed by atoms with van der Waals surface area (Å²) in [7, 11) is 1.66. The van der Waals surface area contributed by atoms with Crippen molar-refractivity contribution in [2.24, 2.45) is 0 Å². The Hall–Kier alpha value is -0.540. The van der Waals surface area contributed by atoms with Gasteiger partial charge in [-0.25, -0.2) is 0 Å². The van der Waals surface area contributed by atoms with E-state index in [0.29, 0.717) is 6.10 Å². The maximum Gasteiger partial charge on any atom is 0.133 e. The molecule has 3 heteroatoms. The van der Waals surface area contributed by atoms with Gasteiger partial charge in [-0.2, -0.15) is 0 Å². The lowest BCUT2D eigenvalue weighted by Gasteiger charge is -2.03. The second-order valence-electron chi connectivity index (χ2n) is 2.72. The van der Waals surface area contributed by atoms with E-state index >= 15 is 0 Å². The van der Waals surface area contributed by atoms with Crippen molar-refractivity contribution < 1.29 is 9.47 Å². The molecule has 0 amide bonds. The van der Waals surface area contributed by atoms with Gasteiger partial charge in [0.1, 0.15) is 11.9 Å². The maximum absolute atomic E-state index is 5.16. The zero-order valence-electron chi connectivity index (χ0n) is 6.71. The highest BCUT2D eigenvalue weighted by molar-refractivity contribution is 9.10. The third kappa shape index (κ3) is 1.47. The van der Waals surface area contributed by atoms with E-state index in [4.69, 9.17) is 9.47 Å². The smallest absolute Gasteiger partial charge is 0.133 e. The Morgan fingerprint density at radius 1 is 1.58 bits per heavy atom. The quantitative estimate of drug-likeness (QED) is 0.727. The molecule has 1 aliphatic heterocycles. The zero-order chi connectivity index (χ0) is 8.55. The number of methoxy groups -OCH3 is 1. The van der Waals surface area contributed by atoms with Crippen LogP contribution in [0.2, 0.25) is 0 Å². The van der Waals surface area contributed by atoms with Gasteiger partial charge in [0.05, 0.1) is 18.2 Å². The first kappa shape index (κ1) is 8.08. The van der Waals surface area contributed by atoms with Gasteiger partial charge < -0.3 is 9.47 Å². The Kier molecular flexibility index (Phi) is 2.07. The molecule has 1 aromatic carbocycles. The van der Waals surface area contributed by atoms with Gasteiger partial charge in [0.15, 0.2) is 0 Å². The lowest BCUT2D eigenvalue weighted by atomic mass is 10.2. The Bertz CT molecular complexity index is 295. The average molecular weight is 229 g/mol. The topological polar surface area (TPSA) is 21.8 Å². The van der Waals surface area contributed by atoms with E-state index in [1.807, 2.05) is 18.2 Å². The molecule has 0 N–H and O–H groups in total. The molecule has 12 heavy (non-hydrogen) atoms. The van der Waals surface area contributed by atoms with Crippen LogP contribution in [0.5, 0.6) is 5.75 Å². The van der Waals surface area contributed by atoms with Crippen molar-refractivity contribution in [1.29, 1.82) is 0 Å². The first-order valence-electron chi connectivity index (χ1n) is 3.76. The van der Waals surface area contributed by atoms with Crippen molar-refractivity contribution >= 4 is 15.9 Å². The molecule has 0 spiro atoms. The molecular weight excluding hydrogens is 220 g/mol. The number of rotatable bonds is 2. The van der Waals surface area contributed by atoms with Crippen molar-refractivity contribution in [2.45, 2.75) is 6.10 Å². The molecule has 0 radical (unpaired) electrons. The third-order valence-corrected chi connectivity index (χ3v) is 2.50. The molecule has 0 aliphatic carbocycles. The number of hydrogen-bond acceptors (Lipinski definition) is 2. The summed E-state index contributed by atoms with van der Waals surface area (Å²) < 4.78 is 11.3. The minimum absolute atomic E-state index is 0.312. The van der Waals surface area contributed by atoms with Crippen LogP contribution in [0.3, 0.4) is 0 Å². The predicted molar refractivity (Wildman–Crippen MR) is 49.4 cm³/mol. The predicted octanol–water partition coefficient (Wildman–Crippen LogP) is 2.53. The fourth-order valence-electron chi connectivity index (χ4n) is 1.12. The van der Waals surface area contributed by atoms with Crippen LogP contribution in [0, 0.1) is 0 Å². The molecule has 0 saturated carbocycles. The molecule has 0 unspecified atom stereocenters. The third-order valence-electron chi connectivity index (χ3n) is 1.88. The van der Waals surface area contributed by atoms with E-state index in [0.717, 1.165) is 16.8 Å². The Morgan fingerprint density at radius 2 is 2.33 bits per heavy atom. The number of benzene rings is 1. The molecule has 64 valence electrons. The van der Waals surface area contributed by atoms with Crippen LogP contribution in [-0.4, -0.2) is 13.7 Å². The van der Waals surface area contributed by atoms with Gasteiger partial charge in [0.25, 0.3) is 0 Å². The number of hydrogen-bond donors (Lipinski definition) is 0. The summed E-state index contributed by atoms with van der Waals surface area (Å²) in [6.07, 6.45) is 0.312. The van der Waals surface area contributed by atoms with Crippen molar-refractivity contribution in [3.63, 3.8) is 0 Å². The zero-order valence-corrected chi connectivity index (χ0v) is 8.30. The van der Waals surface area contributed by atoms with Gasteiger partial charge in [-0.15, -0.1) is 0 Å². The van der Waals surface area contributed by atoms with E-state index in [9.17, 15) is 0 Å². The Morgan fingerprint density at radius 3 is 2.83 bits per heavy atom. The van der Waals surface area contributed by atoms with Crippen molar-refractivity contribution in [3.8, 4) is 5.75 Å². The van der Waals surface area contributed by atoms with Gasteiger partial charge in [-0.1, -0.05) is 6.07 Å². The highest BCUT2D eigenvalue weighted by Gasteiger charge is 2.25. The lowest BCUT2D eigenvalue weighted by molar-refractivity contribution is 0.407. The molecule has 0 aromatic heterocycles. The monoisotopic (exact) mass is 228 g/mol. The van der Waals surface area contributed by atoms with E-state index in [1.165, 1.54) is 5.56 Å². The van der Waals surface area contributed by atoms with Gasteiger partial charge >= 0.3 is 0 Å². The SMILES string of the molecule is COc1ccc([C@@H]2CO2)cc1Br. The fraction of sp³-hybridized carbons (Fsp3) is 0.333. The van der Waals surface area contributed by atoms with Crippen molar-refractivity contribution in [3.05, 3.63) is 28.2 Å². The average Bonchev–Trinajstić information content (AvgIpc) is 2.86. The Balaban J connectivity index is 2.30. The van der Waals surface area contributed by atoms with Crippen LogP contribution in [0.25, 0.3) is 0 Å². The summed E-state index contributed by atoms with van der Waals surface area (Å²) in [6.45, 7) is 0.846. The number of epoxide rings is 1. The minimum Gasteiger partial charge on any atom is -0.496 e. The van der Waals surface area contributed by atoms with Gasteiger partial charge in [-0.3, -0.25) is 0 Å². The van der Waals surface area contributed by atoms with Crippen LogP contribution in [0.1, 0.15) is 11.7 Å². The van der Waals surface area contributed by atoms with Crippen LogP contribution in [-0.2, 0) is 4.74 Å². The van der Waals surface area contributed by atoms with Gasteiger partial charge in [0.2, 0.25) is 0 Å². The van der Waals surface area contributed by atoms with Gasteiger partial charge in [0, 0.05) is 0 Å². The van der Waals surface area contributed by atoms with Crippen LogP contribution in [0.4, 0.5) is 0 Å². The molecule has 1 saturated heterocycles. The summed E-state index contributed by atoms with van der Waals surface area (Å²) in [5.41, 5.74) is 1.21. The fourth-order valence-corrected chi connectivity index (χ4v) is 1.68. The molecular formula is C9H9BrO2. The first-order chi connectivity index (χ1) is 5.81. The maximum atomic E-state index is 5.16. The molecule has 0 bridgehead atoms. The standard InChI is InChI=1S/C9H9BrO2/c1-11-8-3-2-6(4-7(8)10)9-5-12-9/h2-4,9H,5H2,1H3/t9-/m0/s1. The normalized spacial score (nSPS) is 20.7. The largest absolute Gasteiger partial charge is 0.496 e. The van der Waals surface area contributed by atoms with Crippen molar-refractivity contribution in [2.75, 3.05) is 13.7 Å². The van der Waals surface area contributed by atoms with E-state index in [1.54, 1.807) is 7.11 Å². The van der Waals surface area contributed by atoms with E-state index in [2.05, 4.69) is 15.9 Å². The highest BCUT2D eigenvalue weighted by Crippen LogP contribution is 2.34. The number of halogens is 1. The summed E-state index contributed by atoms with van der Waals surface area (Å²) >= 11 is 3.42. The molecule has 1 aliphatic rings. The Labute approximate surface area is 79.6 Å². The summed E-state index contributed by atoms with van der Waals surface area (Å²) in [5, 5.41) is 0. The highest BCUT2D eigenvalue weighted by atomic mass is 79.9. The second-order valence-corrected chi connectivity index (χ2v) is 3.57. The molecule has 1 aromatic rings. The van der Waals surface area contributed by atoms with Crippen LogP contribution < -0.4 is 4.74 Å². The van der Waals surface area contributed by atoms with Crippen molar-refractivity contribution in [1.82, 2.24) is 0 Å². The van der Waals surface area contributed by atoms with Crippen LogP contribution in [0.15, 0.2) is 22.7 Å². The van der Waals surface area contributed by atoms with Crippen LogP contribution >= 0.6 is 15.9 Å². The molecule has 2 rings (SSSR count). The summed E-state index contributed by atoms with van der Waals surface area (Å²) in [5.74, 6) is 0.861. The molecule has 1 fully saturated rings. The molecule has 1 heterocycles. The first-order valence-corrected chi connectivity index (χ1v) is 4.55. The second kappa shape index (κ2) is 3.07. The number of ether oxygens (including phenoxy) is 2.